The van der Waals surface area contributed by atoms with Crippen LogP contribution in [-0.4, -0.2) is 75.9 Å². The Morgan fingerprint density at radius 2 is 1.23 bits per heavy atom. The van der Waals surface area contributed by atoms with Gasteiger partial charge in [0, 0.05) is 21.3 Å². The number of benzene rings is 1. The van der Waals surface area contributed by atoms with Gasteiger partial charge in [-0.25, -0.2) is 0 Å². The molecule has 1 aromatic rings. The molecule has 22 heavy (non-hydrogen) atoms. The van der Waals surface area contributed by atoms with E-state index in [-0.39, 0.29) is 0 Å². The second-order valence-electron chi connectivity index (χ2n) is 5.43. The summed E-state index contributed by atoms with van der Waals surface area (Å²) < 4.78 is 21.1. The zero-order valence-corrected chi connectivity index (χ0v) is 16.7. The van der Waals surface area contributed by atoms with Crippen molar-refractivity contribution < 1.29 is 13.3 Å². The second-order valence-corrected chi connectivity index (χ2v) is 12.3. The molecule has 0 atom stereocenters. The monoisotopic (exact) mass is 340 g/mol. The molecule has 1 rings (SSSR count). The van der Waals surface area contributed by atoms with Crippen LogP contribution in [0.2, 0.25) is 0 Å². The van der Waals surface area contributed by atoms with E-state index in [1.807, 2.05) is 11.8 Å². The predicted octanol–water partition coefficient (Wildman–Crippen LogP) is 0.972. The second kappa shape index (κ2) is 8.16. The summed E-state index contributed by atoms with van der Waals surface area (Å²) >= 11 is 0. The van der Waals surface area contributed by atoms with Gasteiger partial charge in [-0.2, -0.15) is 0 Å². The molecule has 0 aliphatic rings. The van der Waals surface area contributed by atoms with E-state index in [2.05, 4.69) is 67.3 Å². The number of nitrogens with zero attached hydrogens (tertiary/aromatic N) is 2. The van der Waals surface area contributed by atoms with Crippen LogP contribution < -0.4 is 5.19 Å². The molecule has 0 amide bonds. The van der Waals surface area contributed by atoms with Gasteiger partial charge in [0.05, 0.1) is 0 Å². The van der Waals surface area contributed by atoms with Crippen molar-refractivity contribution in [3.05, 3.63) is 41.7 Å². The van der Waals surface area contributed by atoms with Gasteiger partial charge in [0.15, 0.2) is 0 Å². The molecule has 124 valence electrons. The van der Waals surface area contributed by atoms with E-state index in [1.165, 1.54) is 5.19 Å². The quantitative estimate of drug-likeness (QED) is 0.659. The molecule has 0 N–H and O–H groups in total. The van der Waals surface area contributed by atoms with Gasteiger partial charge in [-0.3, -0.25) is 0 Å². The van der Waals surface area contributed by atoms with Crippen molar-refractivity contribution in [1.29, 1.82) is 0 Å². The van der Waals surface area contributed by atoms with Gasteiger partial charge in [0.2, 0.25) is 0 Å². The topological polar surface area (TPSA) is 34.2 Å². The van der Waals surface area contributed by atoms with Gasteiger partial charge in [-0.05, 0) is 39.1 Å². The first-order valence-corrected chi connectivity index (χ1v) is 10.9. The Balaban J connectivity index is 3.40. The van der Waals surface area contributed by atoms with E-state index < -0.39 is 17.2 Å². The predicted molar refractivity (Wildman–Crippen MR) is 95.1 cm³/mol. The van der Waals surface area contributed by atoms with Gasteiger partial charge in [0.25, 0.3) is 8.40 Å². The lowest BCUT2D eigenvalue weighted by molar-refractivity contribution is 0.138. The lowest BCUT2D eigenvalue weighted by atomic mass is 10.4. The van der Waals surface area contributed by atoms with Crippen molar-refractivity contribution in [2.75, 3.05) is 49.5 Å². The summed E-state index contributed by atoms with van der Waals surface area (Å²) in [5.41, 5.74) is 4.22. The maximum Gasteiger partial charge on any atom is 0.528 e. The molecule has 0 fully saturated rings. The lowest BCUT2D eigenvalue weighted by Gasteiger charge is -2.41. The summed E-state index contributed by atoms with van der Waals surface area (Å²) in [4.78, 5) is 0. The van der Waals surface area contributed by atoms with Crippen LogP contribution in [0, 0.1) is 0 Å². The van der Waals surface area contributed by atoms with Crippen LogP contribution >= 0.6 is 0 Å². The first-order chi connectivity index (χ1) is 10.4. The minimum atomic E-state index is -2.75. The van der Waals surface area contributed by atoms with Crippen molar-refractivity contribution in [3.8, 4) is 0 Å². The molecular weight excluding hydrogens is 312 g/mol. The van der Waals surface area contributed by atoms with E-state index >= 15 is 0 Å². The van der Waals surface area contributed by atoms with Crippen LogP contribution in [0.1, 0.15) is 0 Å². The Kier molecular flexibility index (Phi) is 7.14. The minimum Gasteiger partial charge on any atom is -0.374 e. The van der Waals surface area contributed by atoms with Gasteiger partial charge in [-0.1, -0.05) is 36.0 Å². The number of hydrogen-bond acceptors (Lipinski definition) is 5. The molecule has 0 aliphatic carbocycles. The van der Waals surface area contributed by atoms with Crippen molar-refractivity contribution in [1.82, 2.24) is 9.13 Å². The summed E-state index contributed by atoms with van der Waals surface area (Å²) in [6.07, 6.45) is 0. The van der Waals surface area contributed by atoms with Crippen LogP contribution in [0.25, 0.3) is 0 Å². The van der Waals surface area contributed by atoms with Crippen molar-refractivity contribution in [2.45, 2.75) is 0 Å². The van der Waals surface area contributed by atoms with E-state index in [4.69, 9.17) is 13.3 Å². The van der Waals surface area contributed by atoms with Crippen molar-refractivity contribution >= 4 is 22.4 Å². The average molecular weight is 341 g/mol. The summed E-state index contributed by atoms with van der Waals surface area (Å²) in [6.45, 7) is 0. The third kappa shape index (κ3) is 3.74. The van der Waals surface area contributed by atoms with Gasteiger partial charge in [-0.15, -0.1) is 0 Å². The maximum atomic E-state index is 5.52. The Morgan fingerprint density at radius 3 is 1.59 bits per heavy atom. The molecule has 0 unspecified atom stereocenters. The van der Waals surface area contributed by atoms with Gasteiger partial charge >= 0.3 is 8.80 Å². The molecule has 0 aromatic heterocycles. The van der Waals surface area contributed by atoms with Crippen LogP contribution in [-0.2, 0) is 13.3 Å². The highest BCUT2D eigenvalue weighted by atomic mass is 28.4. The molecular formula is C15H28N2O3Si2. The zero-order valence-electron chi connectivity index (χ0n) is 14.7. The first-order valence-electron chi connectivity index (χ1n) is 7.14. The Hall–Kier alpha value is -0.806. The minimum absolute atomic E-state index is 1.30. The molecule has 0 aliphatic heterocycles. The number of rotatable bonds is 8. The van der Waals surface area contributed by atoms with Crippen molar-refractivity contribution in [3.63, 3.8) is 0 Å². The first kappa shape index (κ1) is 19.2. The molecule has 0 bridgehead atoms. The fraction of sp³-hybridized carbons (Fsp3) is 0.467. The molecule has 1 aromatic carbocycles. The fourth-order valence-electron chi connectivity index (χ4n) is 2.67. The standard InChI is InChI=1S/C15H28N2O3Si2/c1-16(2)21(17(3)4,15-11-9-8-10-12-15)13-14-22(18-5,19-6)20-7/h8-14H,1-7H3/b14-13+. The molecule has 0 spiro atoms. The molecule has 5 nitrogen and oxygen atoms in total. The van der Waals surface area contributed by atoms with Crippen LogP contribution in [0.5, 0.6) is 0 Å². The molecule has 7 heteroatoms. The SMILES string of the molecule is CO[Si](/C=C/[Si](c1ccccc1)(N(C)C)N(C)C)(OC)OC. The highest BCUT2D eigenvalue weighted by molar-refractivity contribution is 6.92. The summed E-state index contributed by atoms with van der Waals surface area (Å²) in [5, 5.41) is 1.30. The molecule has 0 heterocycles. The highest BCUT2D eigenvalue weighted by Gasteiger charge is 2.42. The van der Waals surface area contributed by atoms with Gasteiger partial charge < -0.3 is 22.4 Å². The molecule has 0 saturated heterocycles. The normalized spacial score (nSPS) is 13.5. The van der Waals surface area contributed by atoms with E-state index in [9.17, 15) is 0 Å². The largest absolute Gasteiger partial charge is 0.528 e. The summed E-state index contributed by atoms with van der Waals surface area (Å²) in [5.74, 6) is 0. The van der Waals surface area contributed by atoms with Crippen LogP contribution in [0.3, 0.4) is 0 Å². The molecule has 0 radical (unpaired) electrons. The zero-order chi connectivity index (χ0) is 16.8. The average Bonchev–Trinajstić information content (AvgIpc) is 2.52. The van der Waals surface area contributed by atoms with E-state index in [1.54, 1.807) is 21.3 Å². The van der Waals surface area contributed by atoms with E-state index in [0.29, 0.717) is 0 Å². The third-order valence-electron chi connectivity index (χ3n) is 3.94. The highest BCUT2D eigenvalue weighted by Crippen LogP contribution is 2.16. The van der Waals surface area contributed by atoms with Crippen LogP contribution in [0.15, 0.2) is 41.7 Å². The lowest BCUT2D eigenvalue weighted by Crippen LogP contribution is -2.68. The summed E-state index contributed by atoms with van der Waals surface area (Å²) in [7, 11) is 8.36. The molecule has 0 saturated carbocycles. The Morgan fingerprint density at radius 1 is 0.773 bits per heavy atom. The fourth-order valence-corrected chi connectivity index (χ4v) is 8.63. The smallest absolute Gasteiger partial charge is 0.374 e. The van der Waals surface area contributed by atoms with E-state index in [0.717, 1.165) is 0 Å². The van der Waals surface area contributed by atoms with Crippen molar-refractivity contribution in [2.24, 2.45) is 0 Å². The third-order valence-corrected chi connectivity index (χ3v) is 11.1. The summed E-state index contributed by atoms with van der Waals surface area (Å²) in [6, 6.07) is 10.5. The van der Waals surface area contributed by atoms with Crippen LogP contribution in [0.4, 0.5) is 0 Å². The maximum absolute atomic E-state index is 5.52. The Labute approximate surface area is 136 Å². The Bertz CT molecular complexity index is 461. The number of hydrogen-bond donors (Lipinski definition) is 0. The van der Waals surface area contributed by atoms with Gasteiger partial charge in [0.1, 0.15) is 0 Å².